The quantitative estimate of drug-likeness (QED) is 0.849. The summed E-state index contributed by atoms with van der Waals surface area (Å²) in [5.41, 5.74) is 6.37. The van der Waals surface area contributed by atoms with E-state index in [-0.39, 0.29) is 18.3 Å². The first-order chi connectivity index (χ1) is 8.54. The van der Waals surface area contributed by atoms with Gasteiger partial charge in [-0.3, -0.25) is 0 Å². The van der Waals surface area contributed by atoms with Crippen LogP contribution in [0.3, 0.4) is 0 Å². The number of hydrogen-bond donors (Lipinski definition) is 1. The van der Waals surface area contributed by atoms with Crippen molar-refractivity contribution in [1.82, 2.24) is 4.98 Å². The molecule has 18 heavy (non-hydrogen) atoms. The second-order valence-corrected chi connectivity index (χ2v) is 5.16. The summed E-state index contributed by atoms with van der Waals surface area (Å²) in [7, 11) is 0. The van der Waals surface area contributed by atoms with Crippen molar-refractivity contribution in [2.24, 2.45) is 5.73 Å². The van der Waals surface area contributed by atoms with E-state index in [2.05, 4.69) is 18.8 Å². The van der Waals surface area contributed by atoms with Crippen LogP contribution in [0, 0.1) is 0 Å². The second-order valence-electron chi connectivity index (χ2n) is 4.72. The van der Waals surface area contributed by atoms with Crippen LogP contribution >= 0.6 is 12.2 Å². The Bertz CT molecular complexity index is 429. The number of thiocarbonyl (C=S) groups is 1. The highest BCUT2D eigenvalue weighted by molar-refractivity contribution is 7.80. The Balaban J connectivity index is 2.04. The molecule has 0 spiro atoms. The van der Waals surface area contributed by atoms with Crippen molar-refractivity contribution < 1.29 is 9.47 Å². The van der Waals surface area contributed by atoms with Gasteiger partial charge in [0.2, 0.25) is 5.88 Å². The molecule has 0 amide bonds. The molecule has 1 aliphatic heterocycles. The van der Waals surface area contributed by atoms with E-state index in [9.17, 15) is 0 Å². The fourth-order valence-electron chi connectivity index (χ4n) is 2.24. The number of rotatable bonds is 3. The molecule has 0 aromatic carbocycles. The zero-order chi connectivity index (χ0) is 13.1. The van der Waals surface area contributed by atoms with Crippen molar-refractivity contribution in [3.05, 3.63) is 23.9 Å². The summed E-state index contributed by atoms with van der Waals surface area (Å²) >= 11 is 4.94. The van der Waals surface area contributed by atoms with E-state index in [4.69, 9.17) is 27.4 Å². The van der Waals surface area contributed by atoms with Gasteiger partial charge in [-0.25, -0.2) is 4.98 Å². The summed E-state index contributed by atoms with van der Waals surface area (Å²) in [4.78, 5) is 4.55. The predicted octanol–water partition coefficient (Wildman–Crippen LogP) is 2.05. The molecule has 0 saturated carbocycles. The van der Waals surface area contributed by atoms with Crippen LogP contribution in [0.25, 0.3) is 0 Å². The average molecular weight is 266 g/mol. The smallest absolute Gasteiger partial charge is 0.214 e. The van der Waals surface area contributed by atoms with Crippen molar-refractivity contribution in [3.8, 4) is 5.88 Å². The van der Waals surface area contributed by atoms with E-state index in [1.807, 2.05) is 0 Å². The third-order valence-corrected chi connectivity index (χ3v) is 3.20. The van der Waals surface area contributed by atoms with Crippen LogP contribution in [-0.2, 0) is 4.74 Å². The van der Waals surface area contributed by atoms with E-state index in [1.54, 1.807) is 18.3 Å². The predicted molar refractivity (Wildman–Crippen MR) is 73.8 cm³/mol. The van der Waals surface area contributed by atoms with Gasteiger partial charge >= 0.3 is 0 Å². The molecule has 1 aromatic rings. The van der Waals surface area contributed by atoms with Gasteiger partial charge in [0.05, 0.1) is 12.2 Å². The molecular formula is C13H18N2O2S. The topological polar surface area (TPSA) is 57.4 Å². The Morgan fingerprint density at radius 1 is 1.44 bits per heavy atom. The van der Waals surface area contributed by atoms with Gasteiger partial charge in [0, 0.05) is 30.7 Å². The molecule has 0 aliphatic carbocycles. The first-order valence-corrected chi connectivity index (χ1v) is 6.53. The summed E-state index contributed by atoms with van der Waals surface area (Å²) in [6, 6.07) is 3.57. The van der Waals surface area contributed by atoms with Crippen LogP contribution in [0.1, 0.15) is 32.3 Å². The van der Waals surface area contributed by atoms with Gasteiger partial charge in [-0.05, 0) is 19.9 Å². The number of nitrogens with two attached hydrogens (primary N) is 1. The fraction of sp³-hybridized carbons (Fsp3) is 0.538. The monoisotopic (exact) mass is 266 g/mol. The highest BCUT2D eigenvalue weighted by Gasteiger charge is 2.26. The molecule has 1 saturated heterocycles. The lowest BCUT2D eigenvalue weighted by molar-refractivity contribution is -0.0729. The molecule has 2 unspecified atom stereocenters. The summed E-state index contributed by atoms with van der Waals surface area (Å²) in [5.74, 6) is 0.576. The van der Waals surface area contributed by atoms with Crippen LogP contribution < -0.4 is 10.5 Å². The molecule has 1 fully saturated rings. The molecule has 1 aliphatic rings. The molecule has 1 aromatic heterocycles. The molecular weight excluding hydrogens is 248 g/mol. The highest BCUT2D eigenvalue weighted by Crippen LogP contribution is 2.23. The molecule has 0 radical (unpaired) electrons. The van der Waals surface area contributed by atoms with Gasteiger partial charge in [0.1, 0.15) is 11.1 Å². The molecule has 2 N–H and O–H groups in total. The number of aromatic nitrogens is 1. The number of pyridine rings is 1. The summed E-state index contributed by atoms with van der Waals surface area (Å²) < 4.78 is 11.6. The van der Waals surface area contributed by atoms with Crippen LogP contribution in [0.4, 0.5) is 0 Å². The van der Waals surface area contributed by atoms with Gasteiger partial charge in [-0.2, -0.15) is 0 Å². The Hall–Kier alpha value is -1.20. The fourth-order valence-corrected chi connectivity index (χ4v) is 2.37. The van der Waals surface area contributed by atoms with Crippen LogP contribution in [0.5, 0.6) is 5.88 Å². The maximum Gasteiger partial charge on any atom is 0.214 e. The molecule has 5 heteroatoms. The Morgan fingerprint density at radius 2 is 2.11 bits per heavy atom. The molecule has 2 heterocycles. The van der Waals surface area contributed by atoms with Gasteiger partial charge in [-0.15, -0.1) is 0 Å². The van der Waals surface area contributed by atoms with Crippen molar-refractivity contribution in [3.63, 3.8) is 0 Å². The van der Waals surface area contributed by atoms with E-state index >= 15 is 0 Å². The Morgan fingerprint density at radius 3 is 2.72 bits per heavy atom. The lowest BCUT2D eigenvalue weighted by atomic mass is 10.0. The lowest BCUT2D eigenvalue weighted by Crippen LogP contribution is -2.35. The van der Waals surface area contributed by atoms with E-state index in [0.717, 1.165) is 18.4 Å². The largest absolute Gasteiger partial charge is 0.474 e. The van der Waals surface area contributed by atoms with Crippen molar-refractivity contribution >= 4 is 17.2 Å². The van der Waals surface area contributed by atoms with Crippen molar-refractivity contribution in [2.45, 2.75) is 45.0 Å². The van der Waals surface area contributed by atoms with Gasteiger partial charge in [0.25, 0.3) is 0 Å². The number of ether oxygens (including phenoxy) is 2. The third kappa shape index (κ3) is 3.40. The molecule has 2 rings (SSSR count). The third-order valence-electron chi connectivity index (χ3n) is 2.96. The van der Waals surface area contributed by atoms with E-state index in [1.165, 1.54) is 0 Å². The lowest BCUT2D eigenvalue weighted by Gasteiger charge is -2.31. The summed E-state index contributed by atoms with van der Waals surface area (Å²) in [5, 5.41) is 0. The minimum atomic E-state index is 0.137. The maximum absolute atomic E-state index is 5.88. The number of nitrogens with zero attached hydrogens (tertiary/aromatic N) is 1. The molecule has 4 nitrogen and oxygen atoms in total. The van der Waals surface area contributed by atoms with Crippen molar-refractivity contribution in [1.29, 1.82) is 0 Å². The maximum atomic E-state index is 5.88. The van der Waals surface area contributed by atoms with Crippen LogP contribution in [0.2, 0.25) is 0 Å². The minimum absolute atomic E-state index is 0.137. The zero-order valence-electron chi connectivity index (χ0n) is 10.6. The average Bonchev–Trinajstić information content (AvgIpc) is 2.27. The van der Waals surface area contributed by atoms with E-state index in [0.29, 0.717) is 10.9 Å². The molecule has 98 valence electrons. The van der Waals surface area contributed by atoms with Crippen LogP contribution in [-0.4, -0.2) is 28.3 Å². The van der Waals surface area contributed by atoms with Gasteiger partial charge < -0.3 is 15.2 Å². The van der Waals surface area contributed by atoms with Crippen LogP contribution in [0.15, 0.2) is 18.3 Å². The molecule has 2 atom stereocenters. The normalized spacial score (nSPS) is 27.8. The summed E-state index contributed by atoms with van der Waals surface area (Å²) in [6.45, 7) is 4.12. The highest BCUT2D eigenvalue weighted by atomic mass is 32.1. The molecule has 0 bridgehead atoms. The van der Waals surface area contributed by atoms with E-state index < -0.39 is 0 Å². The van der Waals surface area contributed by atoms with Gasteiger partial charge in [-0.1, -0.05) is 12.2 Å². The standard InChI is InChI=1S/C13H18N2O2S/c1-8-5-11(6-9(2)16-8)17-12-7-10(13(14)18)3-4-15-12/h3-4,7-9,11H,5-6H2,1-2H3,(H2,14,18). The Kier molecular flexibility index (Phi) is 4.14. The minimum Gasteiger partial charge on any atom is -0.474 e. The first kappa shape index (κ1) is 13.2. The zero-order valence-corrected chi connectivity index (χ0v) is 11.4. The summed E-state index contributed by atoms with van der Waals surface area (Å²) in [6.07, 6.45) is 4.00. The SMILES string of the molecule is CC1CC(Oc2cc(C(N)=S)ccn2)CC(C)O1. The number of hydrogen-bond acceptors (Lipinski definition) is 4. The Labute approximate surface area is 112 Å². The van der Waals surface area contributed by atoms with Gasteiger partial charge in [0.15, 0.2) is 0 Å². The van der Waals surface area contributed by atoms with Crippen molar-refractivity contribution in [2.75, 3.05) is 0 Å². The first-order valence-electron chi connectivity index (χ1n) is 6.12. The second kappa shape index (κ2) is 5.63.